The first-order valence-electron chi connectivity index (χ1n) is 6.92. The highest BCUT2D eigenvalue weighted by molar-refractivity contribution is 5.73. The Morgan fingerprint density at radius 2 is 2.11 bits per heavy atom. The summed E-state index contributed by atoms with van der Waals surface area (Å²) in [5.74, 6) is 0.0661. The number of nitrogens with one attached hydrogen (secondary N) is 1. The Morgan fingerprint density at radius 1 is 1.42 bits per heavy atom. The molecular weight excluding hydrogens is 238 g/mol. The molecule has 1 fully saturated rings. The number of hydrogen-bond acceptors (Lipinski definition) is 3. The van der Waals surface area contributed by atoms with E-state index in [9.17, 15) is 4.79 Å². The maximum absolute atomic E-state index is 11.1. The van der Waals surface area contributed by atoms with Crippen LogP contribution in [0.15, 0.2) is 18.2 Å². The summed E-state index contributed by atoms with van der Waals surface area (Å²) in [6.07, 6.45) is 1.99. The number of aryl methyl sites for hydroxylation is 1. The van der Waals surface area contributed by atoms with Crippen LogP contribution in [0.2, 0.25) is 0 Å². The third-order valence-corrected chi connectivity index (χ3v) is 3.70. The van der Waals surface area contributed by atoms with Gasteiger partial charge in [-0.25, -0.2) is 0 Å². The van der Waals surface area contributed by atoms with E-state index in [4.69, 9.17) is 5.73 Å². The smallest absolute Gasteiger partial charge is 0.217 e. The first kappa shape index (κ1) is 13.9. The lowest BCUT2D eigenvalue weighted by Crippen LogP contribution is -2.44. The molecule has 1 aliphatic rings. The van der Waals surface area contributed by atoms with Crippen LogP contribution in [-0.2, 0) is 11.3 Å². The van der Waals surface area contributed by atoms with E-state index in [1.165, 1.54) is 16.8 Å². The molecule has 1 heterocycles. The first-order chi connectivity index (χ1) is 9.10. The fourth-order valence-electron chi connectivity index (χ4n) is 2.74. The molecule has 4 heteroatoms. The molecule has 0 aromatic heterocycles. The summed E-state index contributed by atoms with van der Waals surface area (Å²) in [4.78, 5) is 13.4. The Morgan fingerprint density at radius 3 is 2.68 bits per heavy atom. The van der Waals surface area contributed by atoms with Crippen molar-refractivity contribution in [2.24, 2.45) is 5.73 Å². The molecule has 0 atom stereocenters. The zero-order chi connectivity index (χ0) is 13.8. The van der Waals surface area contributed by atoms with Gasteiger partial charge in [-0.15, -0.1) is 0 Å². The van der Waals surface area contributed by atoms with Crippen molar-refractivity contribution in [3.05, 3.63) is 29.3 Å². The summed E-state index contributed by atoms with van der Waals surface area (Å²) in [6, 6.07) is 6.78. The molecule has 3 N–H and O–H groups in total. The Bertz CT molecular complexity index is 451. The second-order valence-corrected chi connectivity index (χ2v) is 5.30. The lowest BCUT2D eigenvalue weighted by atomic mass is 10.0. The number of rotatable bonds is 3. The van der Waals surface area contributed by atoms with Crippen LogP contribution in [0, 0.1) is 6.92 Å². The van der Waals surface area contributed by atoms with Crippen molar-refractivity contribution in [1.82, 2.24) is 5.32 Å². The van der Waals surface area contributed by atoms with Crippen molar-refractivity contribution in [3.8, 4) is 0 Å². The monoisotopic (exact) mass is 261 g/mol. The summed E-state index contributed by atoms with van der Waals surface area (Å²) in [6.45, 7) is 6.19. The number of benzene rings is 1. The Labute approximate surface area is 115 Å². The number of carbonyl (C=O) groups is 1. The summed E-state index contributed by atoms with van der Waals surface area (Å²) in [5, 5.41) is 3.00. The van der Waals surface area contributed by atoms with Crippen LogP contribution in [0.5, 0.6) is 0 Å². The van der Waals surface area contributed by atoms with Gasteiger partial charge in [-0.05, 0) is 31.4 Å². The number of nitrogens with two attached hydrogens (primary N) is 1. The summed E-state index contributed by atoms with van der Waals surface area (Å²) < 4.78 is 0. The number of amides is 1. The molecule has 2 rings (SSSR count). The van der Waals surface area contributed by atoms with Crippen molar-refractivity contribution in [2.75, 3.05) is 18.0 Å². The first-order valence-corrected chi connectivity index (χ1v) is 6.92. The molecule has 0 saturated carbocycles. The van der Waals surface area contributed by atoms with E-state index in [1.54, 1.807) is 6.92 Å². The fraction of sp³-hybridized carbons (Fsp3) is 0.533. The van der Waals surface area contributed by atoms with Gasteiger partial charge in [-0.3, -0.25) is 4.79 Å². The SMILES string of the molecule is CC(=O)NC1CCN(c2ccc(C)cc2CN)CC1. The largest absolute Gasteiger partial charge is 0.371 e. The number of hydrogen-bond donors (Lipinski definition) is 2. The maximum Gasteiger partial charge on any atom is 0.217 e. The van der Waals surface area contributed by atoms with Gasteiger partial charge in [0.1, 0.15) is 0 Å². The van der Waals surface area contributed by atoms with Crippen molar-refractivity contribution in [2.45, 2.75) is 39.3 Å². The van der Waals surface area contributed by atoms with Crippen LogP contribution in [0.1, 0.15) is 30.9 Å². The Balaban J connectivity index is 2.03. The zero-order valence-electron chi connectivity index (χ0n) is 11.8. The van der Waals surface area contributed by atoms with Gasteiger partial charge < -0.3 is 16.0 Å². The quantitative estimate of drug-likeness (QED) is 0.868. The normalized spacial score (nSPS) is 16.5. The molecule has 1 aromatic rings. The topological polar surface area (TPSA) is 58.4 Å². The van der Waals surface area contributed by atoms with E-state index in [1.807, 2.05) is 0 Å². The molecular formula is C15H23N3O. The average Bonchev–Trinajstić information content (AvgIpc) is 2.39. The van der Waals surface area contributed by atoms with Crippen molar-refractivity contribution < 1.29 is 4.79 Å². The molecule has 0 spiro atoms. The third kappa shape index (κ3) is 3.47. The average molecular weight is 261 g/mol. The predicted molar refractivity (Wildman–Crippen MR) is 78.1 cm³/mol. The van der Waals surface area contributed by atoms with Gasteiger partial charge in [0.25, 0.3) is 0 Å². The van der Waals surface area contributed by atoms with Crippen molar-refractivity contribution in [3.63, 3.8) is 0 Å². The van der Waals surface area contributed by atoms with Crippen LogP contribution < -0.4 is 16.0 Å². The lowest BCUT2D eigenvalue weighted by molar-refractivity contribution is -0.119. The molecule has 0 bridgehead atoms. The maximum atomic E-state index is 11.1. The Hall–Kier alpha value is -1.55. The van der Waals surface area contributed by atoms with Gasteiger partial charge in [0.2, 0.25) is 5.91 Å². The molecule has 4 nitrogen and oxygen atoms in total. The lowest BCUT2D eigenvalue weighted by Gasteiger charge is -2.35. The molecule has 1 aliphatic heterocycles. The highest BCUT2D eigenvalue weighted by Gasteiger charge is 2.21. The van der Waals surface area contributed by atoms with E-state index >= 15 is 0 Å². The van der Waals surface area contributed by atoms with Gasteiger partial charge in [0.15, 0.2) is 0 Å². The molecule has 1 amide bonds. The van der Waals surface area contributed by atoms with Crippen molar-refractivity contribution in [1.29, 1.82) is 0 Å². The third-order valence-electron chi connectivity index (χ3n) is 3.70. The van der Waals surface area contributed by atoms with E-state index in [0.717, 1.165) is 25.9 Å². The molecule has 0 unspecified atom stereocenters. The van der Waals surface area contributed by atoms with Crippen LogP contribution in [-0.4, -0.2) is 25.0 Å². The van der Waals surface area contributed by atoms with Crippen LogP contribution >= 0.6 is 0 Å². The van der Waals surface area contributed by atoms with Crippen LogP contribution in [0.3, 0.4) is 0 Å². The number of piperidine rings is 1. The molecule has 19 heavy (non-hydrogen) atoms. The van der Waals surface area contributed by atoms with Gasteiger partial charge in [0.05, 0.1) is 0 Å². The highest BCUT2D eigenvalue weighted by atomic mass is 16.1. The van der Waals surface area contributed by atoms with Crippen LogP contribution in [0.4, 0.5) is 5.69 Å². The molecule has 0 aliphatic carbocycles. The van der Waals surface area contributed by atoms with E-state index in [-0.39, 0.29) is 5.91 Å². The van der Waals surface area contributed by atoms with Gasteiger partial charge in [-0.1, -0.05) is 17.7 Å². The van der Waals surface area contributed by atoms with Crippen molar-refractivity contribution >= 4 is 11.6 Å². The van der Waals surface area contributed by atoms with Gasteiger partial charge in [0, 0.05) is 38.3 Å². The van der Waals surface area contributed by atoms with Gasteiger partial charge in [-0.2, -0.15) is 0 Å². The predicted octanol–water partition coefficient (Wildman–Crippen LogP) is 1.56. The summed E-state index contributed by atoms with van der Waals surface area (Å²) in [7, 11) is 0. The number of carbonyl (C=O) groups excluding carboxylic acids is 1. The molecule has 104 valence electrons. The fourth-order valence-corrected chi connectivity index (χ4v) is 2.74. The minimum Gasteiger partial charge on any atom is -0.371 e. The minimum atomic E-state index is 0.0661. The number of nitrogens with zero attached hydrogens (tertiary/aromatic N) is 1. The second-order valence-electron chi connectivity index (χ2n) is 5.30. The molecule has 0 radical (unpaired) electrons. The summed E-state index contributed by atoms with van der Waals surface area (Å²) >= 11 is 0. The molecule has 1 aromatic carbocycles. The van der Waals surface area contributed by atoms with E-state index < -0.39 is 0 Å². The summed E-state index contributed by atoms with van der Waals surface area (Å²) in [5.41, 5.74) is 9.53. The number of anilines is 1. The van der Waals surface area contributed by atoms with E-state index in [0.29, 0.717) is 12.6 Å². The zero-order valence-corrected chi connectivity index (χ0v) is 11.8. The molecule has 1 saturated heterocycles. The standard InChI is InChI=1S/C15H23N3O/c1-11-3-4-15(13(9-11)10-16)18-7-5-14(6-8-18)17-12(2)19/h3-4,9,14H,5-8,10,16H2,1-2H3,(H,17,19). The highest BCUT2D eigenvalue weighted by Crippen LogP contribution is 2.25. The Kier molecular flexibility index (Phi) is 4.43. The van der Waals surface area contributed by atoms with Gasteiger partial charge >= 0.3 is 0 Å². The second kappa shape index (κ2) is 6.06. The van der Waals surface area contributed by atoms with E-state index in [2.05, 4.69) is 35.3 Å². The van der Waals surface area contributed by atoms with Crippen LogP contribution in [0.25, 0.3) is 0 Å². The minimum absolute atomic E-state index is 0.0661.